The summed E-state index contributed by atoms with van der Waals surface area (Å²) >= 11 is 1.50. The molecule has 158 valence electrons. The van der Waals surface area contributed by atoms with Crippen LogP contribution in [-0.4, -0.2) is 16.0 Å². The molecule has 0 saturated carbocycles. The Hall–Kier alpha value is -3.77. The lowest BCUT2D eigenvalue weighted by Crippen LogP contribution is -2.16. The lowest BCUT2D eigenvalue weighted by Gasteiger charge is -2.06. The largest absolute Gasteiger partial charge is 0.493 e. The van der Waals surface area contributed by atoms with Crippen molar-refractivity contribution in [2.45, 2.75) is 19.5 Å². The van der Waals surface area contributed by atoms with E-state index < -0.39 is 0 Å². The maximum Gasteiger partial charge on any atom is 0.211 e. The number of aliphatic imine (C=N–C) groups is 1. The van der Waals surface area contributed by atoms with Crippen LogP contribution in [0.15, 0.2) is 93.8 Å². The summed E-state index contributed by atoms with van der Waals surface area (Å²) in [5.41, 5.74) is 3.21. The van der Waals surface area contributed by atoms with Crippen LogP contribution in [-0.2, 0) is 19.5 Å². The van der Waals surface area contributed by atoms with Crippen LogP contribution in [0.25, 0.3) is 6.08 Å². The first-order chi connectivity index (χ1) is 15.8. The molecule has 1 N–H and O–H groups in total. The molecule has 0 saturated heterocycles. The lowest BCUT2D eigenvalue weighted by molar-refractivity contribution is 0.410. The zero-order valence-corrected chi connectivity index (χ0v) is 18.2. The number of fused-ring (bicyclic) bond motifs is 1. The summed E-state index contributed by atoms with van der Waals surface area (Å²) in [6, 6.07) is 26.4. The van der Waals surface area contributed by atoms with Crippen LogP contribution < -0.4 is 15.4 Å². The van der Waals surface area contributed by atoms with Gasteiger partial charge in [0.05, 0.1) is 22.5 Å². The van der Waals surface area contributed by atoms with E-state index >= 15 is 0 Å². The minimum Gasteiger partial charge on any atom is -0.493 e. The Morgan fingerprint density at radius 3 is 2.47 bits per heavy atom. The molecule has 1 aliphatic heterocycles. The van der Waals surface area contributed by atoms with E-state index in [1.165, 1.54) is 16.9 Å². The topological polar surface area (TPSA) is 62.2 Å². The van der Waals surface area contributed by atoms with Gasteiger partial charge in [-0.2, -0.15) is 0 Å². The molecule has 0 atom stereocenters. The van der Waals surface area contributed by atoms with Crippen LogP contribution in [0.3, 0.4) is 0 Å². The predicted molar refractivity (Wildman–Crippen MR) is 129 cm³/mol. The van der Waals surface area contributed by atoms with E-state index in [0.717, 1.165) is 37.9 Å². The third-order valence-corrected chi connectivity index (χ3v) is 6.36. The van der Waals surface area contributed by atoms with E-state index in [2.05, 4.69) is 34.3 Å². The second-order valence-corrected chi connectivity index (χ2v) is 8.54. The Morgan fingerprint density at radius 1 is 0.938 bits per heavy atom. The third-order valence-electron chi connectivity index (χ3n) is 5.31. The fraction of sp³-hybridized carbons (Fsp3) is 0.115. The standard InChI is InChI=1S/C26H22N4OS/c31-25-24(16-21-11-12-22-23(15-21)29-18-28-22)32-26(27-17-20-9-5-2-6-10-20)30(25)14-13-19-7-3-1-4-8-19/h1-12,15-16,18,31H,13-14,17H2. The van der Waals surface area contributed by atoms with Crippen molar-refractivity contribution in [1.29, 1.82) is 0 Å². The van der Waals surface area contributed by atoms with E-state index in [4.69, 9.17) is 4.99 Å². The smallest absolute Gasteiger partial charge is 0.211 e. The van der Waals surface area contributed by atoms with E-state index in [-0.39, 0.29) is 5.88 Å². The number of aromatic nitrogens is 1. The van der Waals surface area contributed by atoms with Gasteiger partial charge in [0.15, 0.2) is 4.80 Å². The Labute approximate surface area is 189 Å². The van der Waals surface area contributed by atoms with Gasteiger partial charge in [-0.05, 0) is 41.0 Å². The van der Waals surface area contributed by atoms with E-state index in [1.54, 1.807) is 6.34 Å². The van der Waals surface area contributed by atoms with Gasteiger partial charge in [0.25, 0.3) is 0 Å². The van der Waals surface area contributed by atoms with Crippen LogP contribution in [0, 0.1) is 0 Å². The summed E-state index contributed by atoms with van der Waals surface area (Å²) in [6.45, 7) is 1.22. The first-order valence-corrected chi connectivity index (χ1v) is 11.3. The highest BCUT2D eigenvalue weighted by molar-refractivity contribution is 7.10. The highest BCUT2D eigenvalue weighted by Gasteiger charge is 2.11. The second-order valence-electron chi connectivity index (χ2n) is 7.53. The second kappa shape index (κ2) is 9.16. The summed E-state index contributed by atoms with van der Waals surface area (Å²) < 4.78 is 1.91. The molecule has 0 unspecified atom stereocenters. The molecule has 0 bridgehead atoms. The molecular formula is C26H22N4OS. The predicted octanol–water partition coefficient (Wildman–Crippen LogP) is 3.72. The summed E-state index contributed by atoms with van der Waals surface area (Å²) in [5.74, 6) is 0.242. The number of nitrogens with zero attached hydrogens (tertiary/aromatic N) is 4. The molecule has 32 heavy (non-hydrogen) atoms. The van der Waals surface area contributed by atoms with Crippen molar-refractivity contribution in [2.24, 2.45) is 15.0 Å². The molecule has 1 aliphatic rings. The SMILES string of the molecule is Oc1c(C=c2ccc3c(c2)N=CN=3)sc(=NCc2ccccc2)n1CCc1ccccc1. The number of benzene rings is 3. The normalized spacial score (nSPS) is 13.4. The molecule has 6 heteroatoms. The van der Waals surface area contributed by atoms with Gasteiger partial charge >= 0.3 is 0 Å². The van der Waals surface area contributed by atoms with Crippen LogP contribution >= 0.6 is 11.3 Å². The third kappa shape index (κ3) is 4.45. The van der Waals surface area contributed by atoms with E-state index in [1.807, 2.05) is 65.2 Å². The molecular weight excluding hydrogens is 416 g/mol. The average Bonchev–Trinajstić information content (AvgIpc) is 3.42. The van der Waals surface area contributed by atoms with Gasteiger partial charge in [-0.3, -0.25) is 9.56 Å². The molecule has 0 fully saturated rings. The van der Waals surface area contributed by atoms with Crippen molar-refractivity contribution < 1.29 is 5.11 Å². The maximum absolute atomic E-state index is 11.1. The minimum atomic E-state index is 0.242. The van der Waals surface area contributed by atoms with E-state index in [9.17, 15) is 5.11 Å². The minimum absolute atomic E-state index is 0.242. The number of hydrogen-bond acceptors (Lipinski definition) is 5. The van der Waals surface area contributed by atoms with Gasteiger partial charge in [-0.25, -0.2) is 9.98 Å². The van der Waals surface area contributed by atoms with E-state index in [0.29, 0.717) is 13.1 Å². The number of rotatable bonds is 6. The highest BCUT2D eigenvalue weighted by atomic mass is 32.1. The van der Waals surface area contributed by atoms with Gasteiger partial charge < -0.3 is 5.11 Å². The molecule has 0 radical (unpaired) electrons. The Morgan fingerprint density at radius 2 is 1.69 bits per heavy atom. The number of thiazole rings is 1. The van der Waals surface area contributed by atoms with Gasteiger partial charge in [-0.15, -0.1) is 0 Å². The quantitative estimate of drug-likeness (QED) is 0.490. The van der Waals surface area contributed by atoms with Gasteiger partial charge in [-0.1, -0.05) is 78.1 Å². The van der Waals surface area contributed by atoms with Crippen molar-refractivity contribution in [3.63, 3.8) is 0 Å². The molecule has 3 aromatic carbocycles. The van der Waals surface area contributed by atoms with Crippen molar-refractivity contribution in [3.8, 4) is 5.88 Å². The maximum atomic E-state index is 11.1. The zero-order chi connectivity index (χ0) is 21.8. The Balaban J connectivity index is 1.52. The summed E-state index contributed by atoms with van der Waals surface area (Å²) in [4.78, 5) is 14.9. The number of aryl methyl sites for hydroxylation is 1. The van der Waals surface area contributed by atoms with Crippen molar-refractivity contribution in [3.05, 3.63) is 110 Å². The van der Waals surface area contributed by atoms with Crippen LogP contribution in [0.1, 0.15) is 16.0 Å². The molecule has 5 nitrogen and oxygen atoms in total. The number of aromatic hydroxyl groups is 1. The van der Waals surface area contributed by atoms with Crippen LogP contribution in [0.5, 0.6) is 5.88 Å². The summed E-state index contributed by atoms with van der Waals surface area (Å²) in [5, 5.41) is 12.9. The highest BCUT2D eigenvalue weighted by Crippen LogP contribution is 2.22. The summed E-state index contributed by atoms with van der Waals surface area (Å²) in [6.07, 6.45) is 4.36. The first-order valence-electron chi connectivity index (χ1n) is 10.5. The van der Waals surface area contributed by atoms with Crippen LogP contribution in [0.2, 0.25) is 0 Å². The fourth-order valence-corrected chi connectivity index (χ4v) is 4.62. The average molecular weight is 439 g/mol. The molecule has 1 aromatic heterocycles. The first kappa shape index (κ1) is 20.2. The van der Waals surface area contributed by atoms with Gasteiger partial charge in [0, 0.05) is 6.54 Å². The Bertz CT molecular complexity index is 1450. The molecule has 2 heterocycles. The van der Waals surface area contributed by atoms with Crippen molar-refractivity contribution in [1.82, 2.24) is 4.57 Å². The van der Waals surface area contributed by atoms with Gasteiger partial charge in [0.1, 0.15) is 6.34 Å². The molecule has 5 rings (SSSR count). The molecule has 0 spiro atoms. The van der Waals surface area contributed by atoms with Crippen molar-refractivity contribution in [2.75, 3.05) is 0 Å². The monoisotopic (exact) mass is 438 g/mol. The van der Waals surface area contributed by atoms with Crippen LogP contribution in [0.4, 0.5) is 5.69 Å². The number of hydrogen-bond donors (Lipinski definition) is 1. The Kier molecular flexibility index (Phi) is 5.77. The van der Waals surface area contributed by atoms with Crippen molar-refractivity contribution >= 4 is 29.4 Å². The van der Waals surface area contributed by atoms with Gasteiger partial charge in [0.2, 0.25) is 5.88 Å². The lowest BCUT2D eigenvalue weighted by atomic mass is 10.1. The molecule has 0 aliphatic carbocycles. The fourth-order valence-electron chi connectivity index (χ4n) is 3.61. The molecule has 0 amide bonds. The summed E-state index contributed by atoms with van der Waals surface area (Å²) in [7, 11) is 0. The molecule has 4 aromatic rings. The zero-order valence-electron chi connectivity index (χ0n) is 17.4.